The second-order valence-corrected chi connectivity index (χ2v) is 3.39. The fraction of sp³-hybridized carbons (Fsp3) is 0.250. The molecule has 0 atom stereocenters. The van der Waals surface area contributed by atoms with Crippen molar-refractivity contribution in [3.63, 3.8) is 0 Å². The fourth-order valence-electron chi connectivity index (χ4n) is 1.42. The summed E-state index contributed by atoms with van der Waals surface area (Å²) in [6.45, 7) is 2.80. The molecule has 88 valence electrons. The molecule has 2 aromatic rings. The summed E-state index contributed by atoms with van der Waals surface area (Å²) in [5, 5.41) is 3.07. The number of hydrogen-bond donors (Lipinski definition) is 1. The van der Waals surface area contributed by atoms with Gasteiger partial charge in [-0.1, -0.05) is 0 Å². The zero-order valence-electron chi connectivity index (χ0n) is 9.84. The SMILES string of the molecule is CCNc1nccc(-c2ccc(OC)nc2)n1. The Bertz CT molecular complexity index is 484. The van der Waals surface area contributed by atoms with Crippen LogP contribution in [0.2, 0.25) is 0 Å². The molecule has 0 saturated heterocycles. The first-order valence-corrected chi connectivity index (χ1v) is 5.41. The number of nitrogens with zero attached hydrogens (tertiary/aromatic N) is 3. The summed E-state index contributed by atoms with van der Waals surface area (Å²) >= 11 is 0. The van der Waals surface area contributed by atoms with E-state index in [1.165, 1.54) is 0 Å². The maximum absolute atomic E-state index is 5.01. The Kier molecular flexibility index (Phi) is 3.49. The third-order valence-electron chi connectivity index (χ3n) is 2.23. The van der Waals surface area contributed by atoms with Crippen molar-refractivity contribution in [1.29, 1.82) is 0 Å². The molecule has 0 fully saturated rings. The summed E-state index contributed by atoms with van der Waals surface area (Å²) in [5.74, 6) is 1.22. The Balaban J connectivity index is 2.28. The van der Waals surface area contributed by atoms with Gasteiger partial charge < -0.3 is 10.1 Å². The quantitative estimate of drug-likeness (QED) is 0.870. The van der Waals surface area contributed by atoms with Crippen molar-refractivity contribution in [1.82, 2.24) is 15.0 Å². The van der Waals surface area contributed by atoms with Gasteiger partial charge in [0.1, 0.15) is 0 Å². The molecule has 0 amide bonds. The minimum atomic E-state index is 0.592. The molecule has 0 aliphatic carbocycles. The largest absolute Gasteiger partial charge is 0.481 e. The van der Waals surface area contributed by atoms with Crippen LogP contribution in [0, 0.1) is 0 Å². The minimum absolute atomic E-state index is 0.592. The van der Waals surface area contributed by atoms with Crippen LogP contribution in [0.15, 0.2) is 30.6 Å². The lowest BCUT2D eigenvalue weighted by Gasteiger charge is -2.04. The number of methoxy groups -OCH3 is 1. The Morgan fingerprint density at radius 2 is 2.12 bits per heavy atom. The van der Waals surface area contributed by atoms with E-state index < -0.39 is 0 Å². The number of nitrogens with one attached hydrogen (secondary N) is 1. The van der Waals surface area contributed by atoms with Crippen LogP contribution >= 0.6 is 0 Å². The molecular weight excluding hydrogens is 216 g/mol. The van der Waals surface area contributed by atoms with Crippen molar-refractivity contribution < 1.29 is 4.74 Å². The van der Waals surface area contributed by atoms with Gasteiger partial charge in [0.05, 0.1) is 12.8 Å². The van der Waals surface area contributed by atoms with Crippen molar-refractivity contribution in [2.24, 2.45) is 0 Å². The van der Waals surface area contributed by atoms with Gasteiger partial charge in [-0.3, -0.25) is 0 Å². The number of aromatic nitrogens is 3. The van der Waals surface area contributed by atoms with Crippen LogP contribution in [0.1, 0.15) is 6.92 Å². The summed E-state index contributed by atoms with van der Waals surface area (Å²) in [7, 11) is 1.59. The lowest BCUT2D eigenvalue weighted by atomic mass is 10.2. The monoisotopic (exact) mass is 230 g/mol. The van der Waals surface area contributed by atoms with Crippen molar-refractivity contribution in [2.75, 3.05) is 19.0 Å². The van der Waals surface area contributed by atoms with Gasteiger partial charge in [0.25, 0.3) is 0 Å². The molecule has 0 radical (unpaired) electrons. The summed E-state index contributed by atoms with van der Waals surface area (Å²) in [5.41, 5.74) is 1.78. The van der Waals surface area contributed by atoms with E-state index in [9.17, 15) is 0 Å². The van der Waals surface area contributed by atoms with E-state index in [0.717, 1.165) is 17.8 Å². The molecule has 5 nitrogen and oxygen atoms in total. The topological polar surface area (TPSA) is 59.9 Å². The van der Waals surface area contributed by atoms with Gasteiger partial charge in [0.2, 0.25) is 11.8 Å². The second kappa shape index (κ2) is 5.25. The summed E-state index contributed by atoms with van der Waals surface area (Å²) < 4.78 is 5.01. The van der Waals surface area contributed by atoms with Crippen LogP contribution < -0.4 is 10.1 Å². The van der Waals surface area contributed by atoms with Crippen molar-refractivity contribution in [2.45, 2.75) is 6.92 Å². The average Bonchev–Trinajstić information content (AvgIpc) is 2.40. The standard InChI is InChI=1S/C12H14N4O/c1-3-13-12-14-7-6-10(16-12)9-4-5-11(17-2)15-8-9/h4-8H,3H2,1-2H3,(H,13,14,16). The third-order valence-corrected chi connectivity index (χ3v) is 2.23. The molecule has 2 aromatic heterocycles. The lowest BCUT2D eigenvalue weighted by Crippen LogP contribution is -2.02. The molecule has 0 aliphatic heterocycles. The van der Waals surface area contributed by atoms with E-state index in [0.29, 0.717) is 11.8 Å². The highest BCUT2D eigenvalue weighted by Gasteiger charge is 2.02. The second-order valence-electron chi connectivity index (χ2n) is 3.39. The van der Waals surface area contributed by atoms with Gasteiger partial charge in [0.15, 0.2) is 0 Å². The van der Waals surface area contributed by atoms with Gasteiger partial charge >= 0.3 is 0 Å². The highest BCUT2D eigenvalue weighted by molar-refractivity contribution is 5.59. The molecule has 2 heterocycles. The molecule has 0 unspecified atom stereocenters. The summed E-state index contributed by atoms with van der Waals surface area (Å²) in [6.07, 6.45) is 3.46. The molecule has 0 bridgehead atoms. The van der Waals surface area contributed by atoms with Crippen molar-refractivity contribution in [3.8, 4) is 17.1 Å². The normalized spacial score (nSPS) is 10.0. The molecule has 1 N–H and O–H groups in total. The summed E-state index contributed by atoms with van der Waals surface area (Å²) in [6, 6.07) is 5.58. The highest BCUT2D eigenvalue weighted by atomic mass is 16.5. The van der Waals surface area contributed by atoms with Gasteiger partial charge in [-0.15, -0.1) is 0 Å². The maximum atomic E-state index is 5.01. The molecule has 0 spiro atoms. The zero-order chi connectivity index (χ0) is 12.1. The Morgan fingerprint density at radius 3 is 2.76 bits per heavy atom. The van der Waals surface area contributed by atoms with Crippen LogP contribution in [0.5, 0.6) is 5.88 Å². The van der Waals surface area contributed by atoms with E-state index in [4.69, 9.17) is 4.74 Å². The molecule has 17 heavy (non-hydrogen) atoms. The zero-order valence-corrected chi connectivity index (χ0v) is 9.84. The first kappa shape index (κ1) is 11.3. The van der Waals surface area contributed by atoms with Crippen LogP contribution in [-0.2, 0) is 0 Å². The average molecular weight is 230 g/mol. The molecule has 0 aromatic carbocycles. The van der Waals surface area contributed by atoms with Crippen LogP contribution in [0.4, 0.5) is 5.95 Å². The third kappa shape index (κ3) is 2.69. The van der Waals surface area contributed by atoms with E-state index in [-0.39, 0.29) is 0 Å². The van der Waals surface area contributed by atoms with E-state index in [2.05, 4.69) is 20.3 Å². The first-order chi connectivity index (χ1) is 8.33. The molecule has 0 aliphatic rings. The maximum Gasteiger partial charge on any atom is 0.223 e. The van der Waals surface area contributed by atoms with E-state index in [1.54, 1.807) is 19.5 Å². The van der Waals surface area contributed by atoms with Crippen molar-refractivity contribution in [3.05, 3.63) is 30.6 Å². The minimum Gasteiger partial charge on any atom is -0.481 e. The molecule has 5 heteroatoms. The Labute approximate surface area is 99.9 Å². The molecule has 0 saturated carbocycles. The first-order valence-electron chi connectivity index (χ1n) is 5.41. The van der Waals surface area contributed by atoms with Crippen molar-refractivity contribution >= 4 is 5.95 Å². The predicted octanol–water partition coefficient (Wildman–Crippen LogP) is 1.98. The predicted molar refractivity (Wildman–Crippen MR) is 66.0 cm³/mol. The lowest BCUT2D eigenvalue weighted by molar-refractivity contribution is 0.398. The van der Waals surface area contributed by atoms with Gasteiger partial charge in [0, 0.05) is 30.6 Å². The van der Waals surface area contributed by atoms with E-state index >= 15 is 0 Å². The van der Waals surface area contributed by atoms with Gasteiger partial charge in [-0.2, -0.15) is 0 Å². The van der Waals surface area contributed by atoms with Crippen LogP contribution in [0.3, 0.4) is 0 Å². The number of hydrogen-bond acceptors (Lipinski definition) is 5. The highest BCUT2D eigenvalue weighted by Crippen LogP contribution is 2.18. The number of rotatable bonds is 4. The number of anilines is 1. The van der Waals surface area contributed by atoms with Crippen LogP contribution in [-0.4, -0.2) is 28.6 Å². The van der Waals surface area contributed by atoms with Gasteiger partial charge in [-0.25, -0.2) is 15.0 Å². The summed E-state index contributed by atoms with van der Waals surface area (Å²) in [4.78, 5) is 12.7. The number of ether oxygens (including phenoxy) is 1. The smallest absolute Gasteiger partial charge is 0.223 e. The van der Waals surface area contributed by atoms with E-state index in [1.807, 2.05) is 25.1 Å². The fourth-order valence-corrected chi connectivity index (χ4v) is 1.42. The number of pyridine rings is 1. The van der Waals surface area contributed by atoms with Crippen LogP contribution in [0.25, 0.3) is 11.3 Å². The Hall–Kier alpha value is -2.17. The molecule has 2 rings (SSSR count). The molecular formula is C12H14N4O. The Morgan fingerprint density at radius 1 is 1.24 bits per heavy atom. The van der Waals surface area contributed by atoms with Gasteiger partial charge in [-0.05, 0) is 19.1 Å².